The zero-order valence-corrected chi connectivity index (χ0v) is 21.4. The summed E-state index contributed by atoms with van der Waals surface area (Å²) in [5, 5.41) is 9.62. The van der Waals surface area contributed by atoms with Gasteiger partial charge in [0.2, 0.25) is 23.6 Å². The van der Waals surface area contributed by atoms with Crippen LogP contribution >= 0.6 is 0 Å². The molecule has 4 atom stereocenters. The van der Waals surface area contributed by atoms with Crippen molar-refractivity contribution >= 4 is 34.5 Å². The number of aromatic nitrogens is 1. The lowest BCUT2D eigenvalue weighted by Gasteiger charge is -2.32. The number of nitrogens with zero attached hydrogens (tertiary/aromatic N) is 1. The summed E-state index contributed by atoms with van der Waals surface area (Å²) in [6.45, 7) is 2.26. The van der Waals surface area contributed by atoms with Crippen molar-refractivity contribution < 1.29 is 19.2 Å². The van der Waals surface area contributed by atoms with E-state index in [0.717, 1.165) is 22.0 Å². The third-order valence-electron chi connectivity index (χ3n) is 7.51. The lowest BCUT2D eigenvalue weighted by Crippen LogP contribution is -2.61. The average molecular weight is 516 g/mol. The summed E-state index contributed by atoms with van der Waals surface area (Å²) < 4.78 is 0. The lowest BCUT2D eigenvalue weighted by atomic mass is 10.0. The Morgan fingerprint density at radius 2 is 1.45 bits per heavy atom. The molecule has 0 radical (unpaired) electrons. The second-order valence-corrected chi connectivity index (χ2v) is 10.0. The molecular formula is C29H33N5O4. The molecule has 9 nitrogen and oxygen atoms in total. The van der Waals surface area contributed by atoms with Crippen LogP contribution in [0.15, 0.2) is 60.8 Å². The van der Waals surface area contributed by atoms with E-state index >= 15 is 0 Å². The van der Waals surface area contributed by atoms with Crippen LogP contribution in [-0.4, -0.2) is 64.2 Å². The number of amides is 4. The van der Waals surface area contributed by atoms with Gasteiger partial charge >= 0.3 is 0 Å². The van der Waals surface area contributed by atoms with Gasteiger partial charge in [0.1, 0.15) is 24.2 Å². The van der Waals surface area contributed by atoms with Crippen LogP contribution in [0, 0.1) is 0 Å². The molecule has 0 spiro atoms. The number of H-pyrrole nitrogens is 1. The molecule has 4 amide bonds. The molecule has 4 N–H and O–H groups in total. The Labute approximate surface area is 221 Å². The number of aromatic amines is 1. The normalized spacial score (nSPS) is 24.7. The molecule has 0 aliphatic carbocycles. The molecule has 2 fully saturated rings. The van der Waals surface area contributed by atoms with Crippen LogP contribution in [0.2, 0.25) is 0 Å². The minimum absolute atomic E-state index is 0.227. The molecule has 3 aromatic rings. The molecule has 2 aromatic carbocycles. The Kier molecular flexibility index (Phi) is 7.44. The van der Waals surface area contributed by atoms with E-state index in [1.807, 2.05) is 67.7 Å². The first-order valence-electron chi connectivity index (χ1n) is 13.2. The summed E-state index contributed by atoms with van der Waals surface area (Å²) >= 11 is 0. The second kappa shape index (κ2) is 11.1. The van der Waals surface area contributed by atoms with Gasteiger partial charge in [-0.1, -0.05) is 55.5 Å². The van der Waals surface area contributed by atoms with E-state index in [2.05, 4.69) is 20.9 Å². The predicted octanol–water partition coefficient (Wildman–Crippen LogP) is 1.82. The van der Waals surface area contributed by atoms with Crippen LogP contribution in [0.5, 0.6) is 0 Å². The van der Waals surface area contributed by atoms with Crippen molar-refractivity contribution in [2.45, 2.75) is 63.2 Å². The molecule has 2 aliphatic heterocycles. The van der Waals surface area contributed by atoms with E-state index in [1.165, 1.54) is 0 Å². The molecule has 9 heteroatoms. The van der Waals surface area contributed by atoms with Crippen molar-refractivity contribution in [3.8, 4) is 0 Å². The van der Waals surface area contributed by atoms with Crippen LogP contribution in [0.25, 0.3) is 10.9 Å². The first kappa shape index (κ1) is 25.5. The molecule has 1 aromatic heterocycles. The van der Waals surface area contributed by atoms with Gasteiger partial charge in [0.15, 0.2) is 0 Å². The molecule has 0 saturated carbocycles. The molecular weight excluding hydrogens is 482 g/mol. The van der Waals surface area contributed by atoms with Crippen LogP contribution in [0.3, 0.4) is 0 Å². The van der Waals surface area contributed by atoms with E-state index in [1.54, 1.807) is 4.90 Å². The van der Waals surface area contributed by atoms with Crippen molar-refractivity contribution in [1.82, 2.24) is 25.8 Å². The number of hydrogen-bond acceptors (Lipinski definition) is 4. The molecule has 2 saturated heterocycles. The third kappa shape index (κ3) is 5.27. The number of nitrogens with one attached hydrogen (secondary N) is 4. The maximum absolute atomic E-state index is 13.6. The van der Waals surface area contributed by atoms with Crippen LogP contribution in [-0.2, 0) is 32.0 Å². The van der Waals surface area contributed by atoms with Gasteiger partial charge in [0, 0.05) is 36.5 Å². The Morgan fingerprint density at radius 3 is 2.21 bits per heavy atom. The Morgan fingerprint density at radius 1 is 0.789 bits per heavy atom. The van der Waals surface area contributed by atoms with E-state index in [9.17, 15) is 19.2 Å². The zero-order valence-electron chi connectivity index (χ0n) is 21.4. The van der Waals surface area contributed by atoms with Gasteiger partial charge < -0.3 is 25.8 Å². The van der Waals surface area contributed by atoms with Gasteiger partial charge in [-0.15, -0.1) is 0 Å². The highest BCUT2D eigenvalue weighted by molar-refractivity contribution is 5.98. The van der Waals surface area contributed by atoms with Crippen molar-refractivity contribution in [1.29, 1.82) is 0 Å². The van der Waals surface area contributed by atoms with Crippen molar-refractivity contribution in [3.63, 3.8) is 0 Å². The van der Waals surface area contributed by atoms with Crippen molar-refractivity contribution in [3.05, 3.63) is 71.9 Å². The van der Waals surface area contributed by atoms with Crippen molar-refractivity contribution in [2.24, 2.45) is 0 Å². The fraction of sp³-hybridized carbons (Fsp3) is 0.379. The van der Waals surface area contributed by atoms with Crippen LogP contribution < -0.4 is 16.0 Å². The minimum Gasteiger partial charge on any atom is -0.361 e. The fourth-order valence-corrected chi connectivity index (χ4v) is 5.44. The van der Waals surface area contributed by atoms with E-state index in [4.69, 9.17) is 0 Å². The van der Waals surface area contributed by atoms with Gasteiger partial charge in [-0.05, 0) is 36.5 Å². The molecule has 2 aliphatic rings. The maximum atomic E-state index is 13.6. The first-order valence-corrected chi connectivity index (χ1v) is 13.2. The highest BCUT2D eigenvalue weighted by atomic mass is 16.2. The summed E-state index contributed by atoms with van der Waals surface area (Å²) in [4.78, 5) is 58.8. The van der Waals surface area contributed by atoms with E-state index < -0.39 is 36.0 Å². The van der Waals surface area contributed by atoms with Crippen molar-refractivity contribution in [2.75, 3.05) is 6.54 Å². The van der Waals surface area contributed by atoms with Gasteiger partial charge in [-0.25, -0.2) is 0 Å². The predicted molar refractivity (Wildman–Crippen MR) is 143 cm³/mol. The van der Waals surface area contributed by atoms with E-state index in [-0.39, 0.29) is 24.7 Å². The fourth-order valence-electron chi connectivity index (χ4n) is 5.44. The highest BCUT2D eigenvalue weighted by Gasteiger charge is 2.40. The summed E-state index contributed by atoms with van der Waals surface area (Å²) in [6, 6.07) is 13.9. The second-order valence-electron chi connectivity index (χ2n) is 10.0. The monoisotopic (exact) mass is 515 g/mol. The Balaban J connectivity index is 1.49. The number of hydrogen-bond donors (Lipinski definition) is 4. The summed E-state index contributed by atoms with van der Waals surface area (Å²) in [5.41, 5.74) is 2.68. The number of para-hydroxylation sites is 1. The number of fused-ring (bicyclic) bond motifs is 2. The smallest absolute Gasteiger partial charge is 0.245 e. The van der Waals surface area contributed by atoms with Crippen LogP contribution in [0.1, 0.15) is 37.3 Å². The maximum Gasteiger partial charge on any atom is 0.245 e. The number of carbonyl (C=O) groups excluding carboxylic acids is 4. The standard InChI is InChI=1S/C29H33N5O4/c1-2-21-29(38)34-14-8-13-25(34)28(37)33-23(15-18-9-4-3-5-10-18)26(35)32-24(27(36)31-21)16-19-17-30-22-12-7-6-11-20(19)22/h3-7,9-12,17,21,23-25,30H,2,8,13-16H2,1H3,(H,31,36)(H,32,35)(H,33,37). The van der Waals surface area contributed by atoms with E-state index in [0.29, 0.717) is 25.8 Å². The first-order chi connectivity index (χ1) is 18.4. The summed E-state index contributed by atoms with van der Waals surface area (Å²) in [6.07, 6.45) is 3.90. The van der Waals surface area contributed by atoms with Gasteiger partial charge in [-0.2, -0.15) is 0 Å². The zero-order chi connectivity index (χ0) is 26.6. The summed E-state index contributed by atoms with van der Waals surface area (Å²) in [7, 11) is 0. The van der Waals surface area contributed by atoms with Gasteiger partial charge in [0.25, 0.3) is 0 Å². The molecule has 3 heterocycles. The molecule has 5 rings (SSSR count). The summed E-state index contributed by atoms with van der Waals surface area (Å²) in [5.74, 6) is -1.48. The molecule has 38 heavy (non-hydrogen) atoms. The quantitative estimate of drug-likeness (QED) is 0.414. The molecule has 0 bridgehead atoms. The minimum atomic E-state index is -0.937. The van der Waals surface area contributed by atoms with Crippen LogP contribution in [0.4, 0.5) is 0 Å². The Bertz CT molecular complexity index is 1340. The van der Waals surface area contributed by atoms with Gasteiger partial charge in [0.05, 0.1) is 0 Å². The number of benzene rings is 2. The molecule has 4 unspecified atom stereocenters. The lowest BCUT2D eigenvalue weighted by molar-refractivity contribution is -0.143. The average Bonchev–Trinajstić information content (AvgIpc) is 3.58. The third-order valence-corrected chi connectivity index (χ3v) is 7.51. The Hall–Kier alpha value is -4.14. The van der Waals surface area contributed by atoms with Gasteiger partial charge in [-0.3, -0.25) is 19.2 Å². The largest absolute Gasteiger partial charge is 0.361 e. The number of carbonyl (C=O) groups is 4. The highest BCUT2D eigenvalue weighted by Crippen LogP contribution is 2.22. The molecule has 198 valence electrons. The number of rotatable bonds is 5. The topological polar surface area (TPSA) is 123 Å². The SMILES string of the molecule is CCC1NC(=O)C(Cc2c[nH]c3ccccc23)NC(=O)C(Cc2ccccc2)NC(=O)C2CCCN2C1=O.